The normalized spacial score (nSPS) is 13.0. The van der Waals surface area contributed by atoms with Gasteiger partial charge in [-0.05, 0) is 26.9 Å². The minimum absolute atomic E-state index is 0.00646. The van der Waals surface area contributed by atoms with Crippen molar-refractivity contribution in [2.45, 2.75) is 154 Å². The maximum absolute atomic E-state index is 12.4. The van der Waals surface area contributed by atoms with Crippen molar-refractivity contribution in [2.24, 2.45) is 0 Å². The van der Waals surface area contributed by atoms with Gasteiger partial charge >= 0.3 is 11.9 Å². The van der Waals surface area contributed by atoms with Crippen LogP contribution in [0.4, 0.5) is 0 Å². The summed E-state index contributed by atoms with van der Waals surface area (Å²) < 4.78 is 10.6. The first-order chi connectivity index (χ1) is 20.3. The van der Waals surface area contributed by atoms with Crippen LogP contribution in [0.1, 0.15) is 142 Å². The Kier molecular flexibility index (Phi) is 29.0. The number of aliphatic hydroxyl groups excluding tert-OH is 2. The number of carbonyl (C=O) groups excluding carboxylic acids is 2. The van der Waals surface area contributed by atoms with E-state index in [2.05, 4.69) is 13.8 Å². The van der Waals surface area contributed by atoms with Crippen molar-refractivity contribution in [3.63, 3.8) is 0 Å². The number of ether oxygens (including phenoxy) is 2. The standard InChI is InChI=1S/C34H68N2O6/c1-5-7-9-11-13-15-17-19-21-23-27-41-33(39)31(37)29-36(26-25-35(3)4)30-32(38)34(40)42-28-24-22-20-18-16-14-12-10-8-6-2/h31-32,37-38H,5-30H2,1-4H3. The Labute approximate surface area is 258 Å². The molecule has 0 radical (unpaired) electrons. The lowest BCUT2D eigenvalue weighted by atomic mass is 10.1. The second-order valence-corrected chi connectivity index (χ2v) is 12.3. The highest BCUT2D eigenvalue weighted by Crippen LogP contribution is 2.12. The molecule has 0 aromatic carbocycles. The molecule has 250 valence electrons. The van der Waals surface area contributed by atoms with Crippen molar-refractivity contribution in [1.29, 1.82) is 0 Å². The molecule has 42 heavy (non-hydrogen) atoms. The molecule has 2 atom stereocenters. The van der Waals surface area contributed by atoms with Crippen molar-refractivity contribution < 1.29 is 29.3 Å². The summed E-state index contributed by atoms with van der Waals surface area (Å²) in [6, 6.07) is 0. The average Bonchev–Trinajstić information content (AvgIpc) is 2.96. The molecule has 0 fully saturated rings. The highest BCUT2D eigenvalue weighted by molar-refractivity contribution is 5.75. The molecule has 8 nitrogen and oxygen atoms in total. The molecule has 0 saturated carbocycles. The highest BCUT2D eigenvalue weighted by Gasteiger charge is 2.25. The van der Waals surface area contributed by atoms with E-state index in [-0.39, 0.29) is 13.1 Å². The molecule has 0 bridgehead atoms. The lowest BCUT2D eigenvalue weighted by molar-refractivity contribution is -0.156. The Morgan fingerprint density at radius 3 is 1.14 bits per heavy atom. The highest BCUT2D eigenvalue weighted by atomic mass is 16.6. The molecule has 2 N–H and O–H groups in total. The Bertz CT molecular complexity index is 573. The smallest absolute Gasteiger partial charge is 0.336 e. The van der Waals surface area contributed by atoms with Crippen molar-refractivity contribution in [3.8, 4) is 0 Å². The SMILES string of the molecule is CCCCCCCCCCCCOC(=O)C(O)CN(CCN(C)C)CC(O)C(=O)OCCCCCCCCCCCC. The van der Waals surface area contributed by atoms with Gasteiger partial charge in [-0.1, -0.05) is 129 Å². The number of hydrogen-bond donors (Lipinski definition) is 2. The first kappa shape index (κ1) is 40.8. The second kappa shape index (κ2) is 29.8. The van der Waals surface area contributed by atoms with E-state index in [9.17, 15) is 19.8 Å². The third-order valence-electron chi connectivity index (χ3n) is 7.75. The predicted octanol–water partition coefficient (Wildman–Crippen LogP) is 6.50. The van der Waals surface area contributed by atoms with E-state index in [1.54, 1.807) is 4.90 Å². The van der Waals surface area contributed by atoms with E-state index >= 15 is 0 Å². The molecule has 0 rings (SSSR count). The fourth-order valence-corrected chi connectivity index (χ4v) is 4.95. The molecule has 0 heterocycles. The monoisotopic (exact) mass is 601 g/mol. The Hall–Kier alpha value is -1.22. The zero-order chi connectivity index (χ0) is 31.3. The molecule has 0 aliphatic carbocycles. The third kappa shape index (κ3) is 26.4. The van der Waals surface area contributed by atoms with E-state index in [1.807, 2.05) is 19.0 Å². The van der Waals surface area contributed by atoms with Crippen LogP contribution >= 0.6 is 0 Å². The van der Waals surface area contributed by atoms with Gasteiger partial charge in [-0.2, -0.15) is 0 Å². The maximum atomic E-state index is 12.4. The van der Waals surface area contributed by atoms with Crippen molar-refractivity contribution in [3.05, 3.63) is 0 Å². The predicted molar refractivity (Wildman–Crippen MR) is 173 cm³/mol. The minimum Gasteiger partial charge on any atom is -0.464 e. The van der Waals surface area contributed by atoms with Gasteiger partial charge in [-0.3, -0.25) is 4.90 Å². The second-order valence-electron chi connectivity index (χ2n) is 12.3. The Morgan fingerprint density at radius 2 is 0.833 bits per heavy atom. The molecule has 2 unspecified atom stereocenters. The van der Waals surface area contributed by atoms with Crippen LogP contribution in [0.3, 0.4) is 0 Å². The lowest BCUT2D eigenvalue weighted by Crippen LogP contribution is -2.46. The van der Waals surface area contributed by atoms with Crippen LogP contribution in [0.5, 0.6) is 0 Å². The van der Waals surface area contributed by atoms with Crippen LogP contribution in [-0.4, -0.2) is 97.6 Å². The van der Waals surface area contributed by atoms with Gasteiger partial charge in [-0.15, -0.1) is 0 Å². The van der Waals surface area contributed by atoms with E-state index in [1.165, 1.54) is 89.9 Å². The number of likely N-dealkylation sites (N-methyl/N-ethyl adjacent to an activating group) is 1. The van der Waals surface area contributed by atoms with Crippen LogP contribution in [0.25, 0.3) is 0 Å². The first-order valence-corrected chi connectivity index (χ1v) is 17.4. The van der Waals surface area contributed by atoms with Gasteiger partial charge < -0.3 is 24.6 Å². The molecule has 0 aliphatic heterocycles. The number of nitrogens with zero attached hydrogens (tertiary/aromatic N) is 2. The van der Waals surface area contributed by atoms with Crippen molar-refractivity contribution >= 4 is 11.9 Å². The zero-order valence-corrected chi connectivity index (χ0v) is 28.0. The van der Waals surface area contributed by atoms with Gasteiger partial charge in [0.05, 0.1) is 13.2 Å². The summed E-state index contributed by atoms with van der Waals surface area (Å²) in [6.45, 7) is 6.20. The van der Waals surface area contributed by atoms with E-state index < -0.39 is 24.1 Å². The molecule has 0 saturated heterocycles. The lowest BCUT2D eigenvalue weighted by Gasteiger charge is -2.27. The summed E-state index contributed by atoms with van der Waals surface area (Å²) in [4.78, 5) is 28.4. The largest absolute Gasteiger partial charge is 0.464 e. The van der Waals surface area contributed by atoms with Gasteiger partial charge in [0.1, 0.15) is 0 Å². The zero-order valence-electron chi connectivity index (χ0n) is 28.0. The van der Waals surface area contributed by atoms with Crippen LogP contribution < -0.4 is 0 Å². The van der Waals surface area contributed by atoms with Gasteiger partial charge in [0.15, 0.2) is 12.2 Å². The Morgan fingerprint density at radius 1 is 0.524 bits per heavy atom. The number of rotatable bonds is 31. The molecular weight excluding hydrogens is 532 g/mol. The fraction of sp³-hybridized carbons (Fsp3) is 0.941. The summed E-state index contributed by atoms with van der Waals surface area (Å²) in [5.41, 5.74) is 0. The Balaban J connectivity index is 4.17. The van der Waals surface area contributed by atoms with Crippen LogP contribution in [-0.2, 0) is 19.1 Å². The minimum atomic E-state index is -1.33. The van der Waals surface area contributed by atoms with Crippen LogP contribution in [0.2, 0.25) is 0 Å². The van der Waals surface area contributed by atoms with Gasteiger partial charge in [0, 0.05) is 26.2 Å². The number of esters is 2. The molecule has 0 aromatic rings. The van der Waals surface area contributed by atoms with Crippen molar-refractivity contribution in [2.75, 3.05) is 53.5 Å². The van der Waals surface area contributed by atoms with E-state index in [4.69, 9.17) is 9.47 Å². The molecule has 0 aromatic heterocycles. The average molecular weight is 601 g/mol. The van der Waals surface area contributed by atoms with Gasteiger partial charge in [0.25, 0.3) is 0 Å². The van der Waals surface area contributed by atoms with Gasteiger partial charge in [-0.25, -0.2) is 9.59 Å². The summed E-state index contributed by atoms with van der Waals surface area (Å²) >= 11 is 0. The molecule has 0 aliphatic rings. The number of hydrogen-bond acceptors (Lipinski definition) is 8. The van der Waals surface area contributed by atoms with Gasteiger partial charge in [0.2, 0.25) is 0 Å². The molecule has 0 spiro atoms. The van der Waals surface area contributed by atoms with Crippen LogP contribution in [0.15, 0.2) is 0 Å². The number of aliphatic hydroxyl groups is 2. The summed E-state index contributed by atoms with van der Waals surface area (Å²) in [5, 5.41) is 20.9. The summed E-state index contributed by atoms with van der Waals surface area (Å²) in [6.07, 6.45) is 21.3. The van der Waals surface area contributed by atoms with Crippen molar-refractivity contribution in [1.82, 2.24) is 9.80 Å². The first-order valence-electron chi connectivity index (χ1n) is 17.4. The van der Waals surface area contributed by atoms with E-state index in [0.717, 1.165) is 38.5 Å². The quantitative estimate of drug-likeness (QED) is 0.0687. The third-order valence-corrected chi connectivity index (χ3v) is 7.75. The molecule has 8 heteroatoms. The maximum Gasteiger partial charge on any atom is 0.336 e. The van der Waals surface area contributed by atoms with E-state index in [0.29, 0.717) is 26.3 Å². The summed E-state index contributed by atoms with van der Waals surface area (Å²) in [5.74, 6) is -1.31. The number of carbonyl (C=O) groups is 2. The topological polar surface area (TPSA) is 99.5 Å². The molecule has 0 amide bonds. The fourth-order valence-electron chi connectivity index (χ4n) is 4.95. The van der Waals surface area contributed by atoms with Crippen LogP contribution in [0, 0.1) is 0 Å². The summed E-state index contributed by atoms with van der Waals surface area (Å²) in [7, 11) is 3.85. The number of unbranched alkanes of at least 4 members (excludes halogenated alkanes) is 18. The molecular formula is C34H68N2O6.